The normalized spacial score (nSPS) is 22.6. The highest BCUT2D eigenvalue weighted by Crippen LogP contribution is 2.16. The largest absolute Gasteiger partial charge is 0.450 e. The smallest absolute Gasteiger partial charge is 0.410 e. The van der Waals surface area contributed by atoms with Gasteiger partial charge >= 0.3 is 6.09 Å². The molecule has 1 unspecified atom stereocenters. The Morgan fingerprint density at radius 2 is 2.11 bits per heavy atom. The number of sulfone groups is 1. The Kier molecular flexibility index (Phi) is 5.40. The fraction of sp³-hybridized carbons (Fsp3) is 0.800. The van der Waals surface area contributed by atoms with E-state index in [0.717, 1.165) is 0 Å². The molecule has 1 aliphatic rings. The number of carbonyl (C=O) groups excluding carboxylic acids is 2. The molecule has 0 spiro atoms. The highest BCUT2D eigenvalue weighted by atomic mass is 35.5. The van der Waals surface area contributed by atoms with Crippen LogP contribution in [0.15, 0.2) is 0 Å². The van der Waals surface area contributed by atoms with Gasteiger partial charge in [0.25, 0.3) is 0 Å². The first-order valence-corrected chi connectivity index (χ1v) is 7.96. The van der Waals surface area contributed by atoms with Crippen LogP contribution in [0.2, 0.25) is 0 Å². The molecule has 0 aliphatic carbocycles. The van der Waals surface area contributed by atoms with Gasteiger partial charge in [-0.2, -0.15) is 0 Å². The van der Waals surface area contributed by atoms with Gasteiger partial charge in [0.2, 0.25) is 0 Å². The minimum absolute atomic E-state index is 0.0540. The van der Waals surface area contributed by atoms with Crippen molar-refractivity contribution >= 4 is 33.3 Å². The molecule has 1 saturated heterocycles. The van der Waals surface area contributed by atoms with Gasteiger partial charge < -0.3 is 9.64 Å². The topological polar surface area (TPSA) is 80.8 Å². The monoisotopic (exact) mass is 297 g/mol. The van der Waals surface area contributed by atoms with Crippen LogP contribution >= 0.6 is 11.6 Å². The minimum atomic E-state index is -3.21. The number of nitrogens with zero attached hydrogens (tertiary/aromatic N) is 1. The molecule has 104 valence electrons. The Balaban J connectivity index is 2.80. The van der Waals surface area contributed by atoms with Gasteiger partial charge in [-0.3, -0.25) is 4.79 Å². The third-order valence-corrected chi connectivity index (χ3v) is 4.64. The predicted molar refractivity (Wildman–Crippen MR) is 66.5 cm³/mol. The summed E-state index contributed by atoms with van der Waals surface area (Å²) in [7, 11) is -3.21. The second kappa shape index (κ2) is 6.38. The SMILES string of the molecule is CCOC(=O)N1CCS(=O)(=O)CC1CC(=O)CCl. The average molecular weight is 298 g/mol. The fourth-order valence-corrected chi connectivity index (χ4v) is 3.45. The summed E-state index contributed by atoms with van der Waals surface area (Å²) in [5, 5.41) is 0. The molecule has 1 amide bonds. The molecule has 1 aliphatic heterocycles. The number of ketones is 1. The van der Waals surface area contributed by atoms with Crippen LogP contribution in [0, 0.1) is 0 Å². The number of carbonyl (C=O) groups is 2. The summed E-state index contributed by atoms with van der Waals surface area (Å²) < 4.78 is 27.9. The number of halogens is 1. The van der Waals surface area contributed by atoms with Crippen LogP contribution in [0.1, 0.15) is 13.3 Å². The molecule has 0 aromatic heterocycles. The summed E-state index contributed by atoms with van der Waals surface area (Å²) in [5.74, 6) is -0.785. The molecule has 0 aromatic carbocycles. The third kappa shape index (κ3) is 4.13. The minimum Gasteiger partial charge on any atom is -0.450 e. The van der Waals surface area contributed by atoms with Crippen molar-refractivity contribution in [1.29, 1.82) is 0 Å². The lowest BCUT2D eigenvalue weighted by molar-refractivity contribution is -0.117. The van der Waals surface area contributed by atoms with Gasteiger partial charge in [0, 0.05) is 13.0 Å². The molecule has 1 heterocycles. The maximum absolute atomic E-state index is 11.7. The Bertz CT molecular complexity index is 422. The van der Waals surface area contributed by atoms with Crippen LogP contribution in [0.25, 0.3) is 0 Å². The molecular formula is C10H16ClNO5S. The summed E-state index contributed by atoms with van der Waals surface area (Å²) in [6, 6.07) is -0.672. The van der Waals surface area contributed by atoms with Crippen LogP contribution in [-0.4, -0.2) is 61.8 Å². The van der Waals surface area contributed by atoms with E-state index in [2.05, 4.69) is 0 Å². The summed E-state index contributed by atoms with van der Waals surface area (Å²) in [4.78, 5) is 24.3. The third-order valence-electron chi connectivity index (χ3n) is 2.64. The van der Waals surface area contributed by atoms with Crippen molar-refractivity contribution in [2.24, 2.45) is 0 Å². The van der Waals surface area contributed by atoms with Crippen molar-refractivity contribution in [2.75, 3.05) is 30.5 Å². The zero-order valence-corrected chi connectivity index (χ0v) is 11.7. The number of hydrogen-bond acceptors (Lipinski definition) is 5. The van der Waals surface area contributed by atoms with E-state index in [1.165, 1.54) is 4.90 Å². The summed E-state index contributed by atoms with van der Waals surface area (Å²) in [6.07, 6.45) is -0.638. The van der Waals surface area contributed by atoms with E-state index >= 15 is 0 Å². The van der Waals surface area contributed by atoms with E-state index in [4.69, 9.17) is 16.3 Å². The molecule has 0 bridgehead atoms. The summed E-state index contributed by atoms with van der Waals surface area (Å²) in [5.41, 5.74) is 0. The van der Waals surface area contributed by atoms with Gasteiger partial charge in [-0.25, -0.2) is 13.2 Å². The zero-order valence-electron chi connectivity index (χ0n) is 10.1. The number of alkyl halides is 1. The van der Waals surface area contributed by atoms with Crippen LogP contribution < -0.4 is 0 Å². The van der Waals surface area contributed by atoms with Crippen molar-refractivity contribution in [3.63, 3.8) is 0 Å². The second-order valence-corrected chi connectivity index (χ2v) is 6.53. The standard InChI is InChI=1S/C10H16ClNO5S/c1-2-17-10(14)12-3-4-18(15,16)7-8(12)5-9(13)6-11/h8H,2-7H2,1H3. The van der Waals surface area contributed by atoms with E-state index in [9.17, 15) is 18.0 Å². The van der Waals surface area contributed by atoms with Gasteiger partial charge in [-0.15, -0.1) is 11.6 Å². The van der Waals surface area contributed by atoms with Crippen molar-refractivity contribution in [3.05, 3.63) is 0 Å². The van der Waals surface area contributed by atoms with Crippen molar-refractivity contribution in [3.8, 4) is 0 Å². The van der Waals surface area contributed by atoms with Crippen molar-refractivity contribution < 1.29 is 22.7 Å². The van der Waals surface area contributed by atoms with Crippen molar-refractivity contribution in [2.45, 2.75) is 19.4 Å². The lowest BCUT2D eigenvalue weighted by atomic mass is 10.1. The Morgan fingerprint density at radius 3 is 2.67 bits per heavy atom. The Hall–Kier alpha value is -0.820. The molecule has 0 aromatic rings. The number of ether oxygens (including phenoxy) is 1. The fourth-order valence-electron chi connectivity index (χ4n) is 1.82. The first kappa shape index (κ1) is 15.2. The quantitative estimate of drug-likeness (QED) is 0.703. The number of hydrogen-bond donors (Lipinski definition) is 0. The molecule has 6 nitrogen and oxygen atoms in total. The van der Waals surface area contributed by atoms with E-state index < -0.39 is 22.0 Å². The first-order chi connectivity index (χ1) is 8.39. The number of Topliss-reactive ketones (excluding diaryl/α,β-unsaturated/α-hetero) is 1. The van der Waals surface area contributed by atoms with Gasteiger partial charge in [0.1, 0.15) is 5.78 Å². The average Bonchev–Trinajstić information content (AvgIpc) is 2.28. The highest BCUT2D eigenvalue weighted by molar-refractivity contribution is 7.91. The van der Waals surface area contributed by atoms with Crippen LogP contribution in [-0.2, 0) is 19.4 Å². The molecular weight excluding hydrogens is 282 g/mol. The van der Waals surface area contributed by atoms with E-state index in [0.29, 0.717) is 0 Å². The lowest BCUT2D eigenvalue weighted by Crippen LogP contribution is -2.52. The molecule has 1 rings (SSSR count). The van der Waals surface area contributed by atoms with E-state index in [-0.39, 0.29) is 42.7 Å². The Labute approximate surface area is 111 Å². The second-order valence-electron chi connectivity index (χ2n) is 4.04. The molecule has 18 heavy (non-hydrogen) atoms. The molecule has 0 radical (unpaired) electrons. The molecule has 0 saturated carbocycles. The maximum atomic E-state index is 11.7. The number of rotatable bonds is 4. The molecule has 1 atom stereocenters. The maximum Gasteiger partial charge on any atom is 0.410 e. The van der Waals surface area contributed by atoms with E-state index in [1.54, 1.807) is 6.92 Å². The zero-order chi connectivity index (χ0) is 13.8. The van der Waals surface area contributed by atoms with Gasteiger partial charge in [-0.05, 0) is 6.92 Å². The summed E-state index contributed by atoms with van der Waals surface area (Å²) >= 11 is 5.40. The van der Waals surface area contributed by atoms with Gasteiger partial charge in [0.15, 0.2) is 9.84 Å². The highest BCUT2D eigenvalue weighted by Gasteiger charge is 2.35. The summed E-state index contributed by atoms with van der Waals surface area (Å²) in [6.45, 7) is 1.93. The van der Waals surface area contributed by atoms with E-state index in [1.807, 2.05) is 0 Å². The Morgan fingerprint density at radius 1 is 1.44 bits per heavy atom. The molecule has 1 fully saturated rings. The number of amides is 1. The van der Waals surface area contributed by atoms with Gasteiger partial charge in [-0.1, -0.05) is 0 Å². The van der Waals surface area contributed by atoms with Crippen LogP contribution in [0.4, 0.5) is 4.79 Å². The predicted octanol–water partition coefficient (Wildman–Crippen LogP) is 0.440. The first-order valence-electron chi connectivity index (χ1n) is 5.61. The molecule has 8 heteroatoms. The molecule has 0 N–H and O–H groups in total. The van der Waals surface area contributed by atoms with Crippen LogP contribution in [0.3, 0.4) is 0 Å². The van der Waals surface area contributed by atoms with Gasteiger partial charge in [0.05, 0.1) is 30.0 Å². The lowest BCUT2D eigenvalue weighted by Gasteiger charge is -2.34. The van der Waals surface area contributed by atoms with Crippen molar-refractivity contribution in [1.82, 2.24) is 4.90 Å². The van der Waals surface area contributed by atoms with Crippen LogP contribution in [0.5, 0.6) is 0 Å².